The summed E-state index contributed by atoms with van der Waals surface area (Å²) in [5.74, 6) is 2.25. The van der Waals surface area contributed by atoms with Gasteiger partial charge >= 0.3 is 6.01 Å². The van der Waals surface area contributed by atoms with E-state index in [2.05, 4.69) is 27.7 Å². The van der Waals surface area contributed by atoms with Crippen LogP contribution in [0.1, 0.15) is 69.1 Å². The van der Waals surface area contributed by atoms with Gasteiger partial charge in [-0.1, -0.05) is 31.4 Å². The van der Waals surface area contributed by atoms with E-state index in [1.54, 1.807) is 18.0 Å². The van der Waals surface area contributed by atoms with Gasteiger partial charge in [-0.05, 0) is 62.3 Å². The van der Waals surface area contributed by atoms with E-state index in [0.29, 0.717) is 54.9 Å². The molecule has 4 aliphatic rings. The number of terminal acetylenes is 1. The van der Waals surface area contributed by atoms with E-state index < -0.39 is 29.2 Å². The van der Waals surface area contributed by atoms with Gasteiger partial charge in [0.05, 0.1) is 16.6 Å². The Morgan fingerprint density at radius 1 is 1.27 bits per heavy atom. The van der Waals surface area contributed by atoms with Crippen LogP contribution in [-0.4, -0.2) is 101 Å². The molecule has 2 N–H and O–H groups in total. The van der Waals surface area contributed by atoms with Crippen molar-refractivity contribution in [1.82, 2.24) is 19.8 Å². The Labute approximate surface area is 302 Å². The SMILES string of the molecule is C#Cc1c(F)ccc2cc(O)cc(C3COc4c(NCC5(N(C)C(=O)C=C)CCCC5)nc(OC[C@]5(C)C[C@@H](F)CN5C5CCOCC5)nc4O3)c12. The number of likely N-dealkylation sites (N-methyl/N-ethyl adjacent to an activating group) is 1. The minimum atomic E-state index is -0.997. The smallest absolute Gasteiger partial charge is 0.322 e. The fourth-order valence-electron chi connectivity index (χ4n) is 8.46. The standard InChI is InChI=1S/C39H45F2N5O6/c1-5-28-30(41)10-9-24-17-27(47)18-29(33(24)28)31-21-50-34-35(42-22-39(13-7-8-14-39)45(4)32(48)6-2)43-37(44-36(34)52-31)51-23-38(3)19-25(40)20-46(38)26-11-15-49-16-12-26/h1,6,9-10,17-18,25-26,31,47H,2,7-8,11-16,19-23H2,3-4H3,(H,42,43,44)/t25-,31?,38+/m1/s1. The number of likely N-dealkylation sites (tertiary alicyclic amines) is 1. The lowest BCUT2D eigenvalue weighted by molar-refractivity contribution is -0.129. The minimum Gasteiger partial charge on any atom is -0.508 e. The molecule has 7 rings (SSSR count). The summed E-state index contributed by atoms with van der Waals surface area (Å²) >= 11 is 0. The van der Waals surface area contributed by atoms with Gasteiger partial charge in [-0.25, -0.2) is 8.78 Å². The van der Waals surface area contributed by atoms with Crippen LogP contribution in [0.4, 0.5) is 14.6 Å². The van der Waals surface area contributed by atoms with Gasteiger partial charge in [0.1, 0.15) is 31.0 Å². The van der Waals surface area contributed by atoms with Crippen LogP contribution in [-0.2, 0) is 9.53 Å². The molecule has 0 radical (unpaired) electrons. The molecule has 52 heavy (non-hydrogen) atoms. The number of aromatic nitrogens is 2. The third-order valence-electron chi connectivity index (χ3n) is 11.2. The Hall–Kier alpha value is -4.67. The van der Waals surface area contributed by atoms with Gasteiger partial charge in [-0.3, -0.25) is 9.69 Å². The number of carbonyl (C=O) groups excluding carboxylic acids is 1. The molecular formula is C39H45F2N5O6. The van der Waals surface area contributed by atoms with E-state index in [-0.39, 0.29) is 54.1 Å². The van der Waals surface area contributed by atoms with Crippen molar-refractivity contribution in [3.05, 3.63) is 53.9 Å². The number of hydrogen-bond donors (Lipinski definition) is 2. The number of carbonyl (C=O) groups is 1. The maximum atomic E-state index is 15.0. The number of aromatic hydroxyl groups is 1. The summed E-state index contributed by atoms with van der Waals surface area (Å²) in [6, 6.07) is 5.97. The first-order valence-corrected chi connectivity index (χ1v) is 17.9. The summed E-state index contributed by atoms with van der Waals surface area (Å²) < 4.78 is 54.6. The first-order valence-electron chi connectivity index (χ1n) is 17.9. The molecule has 11 nitrogen and oxygen atoms in total. The molecule has 2 aromatic carbocycles. The number of rotatable bonds is 10. The van der Waals surface area contributed by atoms with Crippen LogP contribution in [0.5, 0.6) is 23.4 Å². The zero-order valence-corrected chi connectivity index (χ0v) is 29.6. The molecule has 4 heterocycles. The van der Waals surface area contributed by atoms with Crippen LogP contribution in [0.15, 0.2) is 36.9 Å². The molecule has 2 saturated heterocycles. The highest BCUT2D eigenvalue weighted by Gasteiger charge is 2.47. The summed E-state index contributed by atoms with van der Waals surface area (Å²) in [7, 11) is 1.78. The van der Waals surface area contributed by atoms with E-state index >= 15 is 0 Å². The molecular weight excluding hydrogens is 672 g/mol. The van der Waals surface area contributed by atoms with Gasteiger partial charge in [0.25, 0.3) is 5.88 Å². The zero-order valence-electron chi connectivity index (χ0n) is 29.6. The number of nitrogens with zero attached hydrogens (tertiary/aromatic N) is 4. The number of alkyl halides is 1. The monoisotopic (exact) mass is 717 g/mol. The Bertz CT molecular complexity index is 1890. The van der Waals surface area contributed by atoms with Crippen LogP contribution >= 0.6 is 0 Å². The number of amides is 1. The molecule has 13 heteroatoms. The second kappa shape index (κ2) is 14.4. The number of fused-ring (bicyclic) bond motifs is 2. The van der Waals surface area contributed by atoms with E-state index in [1.807, 2.05) is 6.92 Å². The highest BCUT2D eigenvalue weighted by atomic mass is 19.1. The van der Waals surface area contributed by atoms with E-state index in [4.69, 9.17) is 30.4 Å². The number of phenols is 1. The van der Waals surface area contributed by atoms with Crippen LogP contribution in [0, 0.1) is 18.2 Å². The number of halogens is 2. The number of anilines is 1. The first kappa shape index (κ1) is 35.7. The Kier molecular flexibility index (Phi) is 9.89. The molecule has 1 saturated carbocycles. The molecule has 1 aromatic heterocycles. The van der Waals surface area contributed by atoms with Crippen molar-refractivity contribution in [2.45, 2.75) is 81.3 Å². The van der Waals surface area contributed by atoms with Crippen LogP contribution < -0.4 is 19.5 Å². The fourth-order valence-corrected chi connectivity index (χ4v) is 8.46. The zero-order chi connectivity index (χ0) is 36.6. The Balaban J connectivity index is 1.23. The molecule has 1 unspecified atom stereocenters. The first-order chi connectivity index (χ1) is 25.0. The van der Waals surface area contributed by atoms with Crippen LogP contribution in [0.2, 0.25) is 0 Å². The summed E-state index contributed by atoms with van der Waals surface area (Å²) in [4.78, 5) is 26.0. The Morgan fingerprint density at radius 2 is 2.04 bits per heavy atom. The average Bonchev–Trinajstić information content (AvgIpc) is 3.76. The van der Waals surface area contributed by atoms with Gasteiger partial charge in [0.2, 0.25) is 11.7 Å². The van der Waals surface area contributed by atoms with Gasteiger partial charge in [0.15, 0.2) is 11.9 Å². The van der Waals surface area contributed by atoms with Gasteiger partial charge in [-0.2, -0.15) is 9.97 Å². The molecule has 0 spiro atoms. The minimum absolute atomic E-state index is 0.00641. The summed E-state index contributed by atoms with van der Waals surface area (Å²) in [6.07, 6.45) is 10.7. The second-order valence-electron chi connectivity index (χ2n) is 14.6. The van der Waals surface area contributed by atoms with Crippen molar-refractivity contribution in [2.75, 3.05) is 51.9 Å². The predicted octanol–water partition coefficient (Wildman–Crippen LogP) is 5.70. The summed E-state index contributed by atoms with van der Waals surface area (Å²) in [5.41, 5.74) is -0.638. The third-order valence-corrected chi connectivity index (χ3v) is 11.2. The van der Waals surface area contributed by atoms with Gasteiger partial charge in [-0.15, -0.1) is 6.42 Å². The number of benzene rings is 2. The molecule has 276 valence electrons. The lowest BCUT2D eigenvalue weighted by atomic mass is 9.95. The largest absolute Gasteiger partial charge is 0.508 e. The molecule has 1 amide bonds. The van der Waals surface area contributed by atoms with Gasteiger partial charge in [0, 0.05) is 56.8 Å². The van der Waals surface area contributed by atoms with Crippen LogP contribution in [0.25, 0.3) is 10.8 Å². The maximum absolute atomic E-state index is 15.0. The van der Waals surface area contributed by atoms with E-state index in [1.165, 1.54) is 24.3 Å². The van der Waals surface area contributed by atoms with Crippen molar-refractivity contribution in [3.63, 3.8) is 0 Å². The van der Waals surface area contributed by atoms with Crippen molar-refractivity contribution < 1.29 is 37.6 Å². The fraction of sp³-hybridized carbons (Fsp3) is 0.513. The predicted molar refractivity (Wildman–Crippen MR) is 191 cm³/mol. The van der Waals surface area contributed by atoms with Gasteiger partial charge < -0.3 is 34.3 Å². The molecule has 1 aliphatic carbocycles. The number of hydrogen-bond acceptors (Lipinski definition) is 10. The Morgan fingerprint density at radius 3 is 2.77 bits per heavy atom. The quantitative estimate of drug-likeness (QED) is 0.200. The lowest BCUT2D eigenvalue weighted by Crippen LogP contribution is -2.52. The summed E-state index contributed by atoms with van der Waals surface area (Å²) in [6.45, 7) is 7.72. The third kappa shape index (κ3) is 6.70. The molecule has 3 aromatic rings. The topological polar surface area (TPSA) is 119 Å². The highest BCUT2D eigenvalue weighted by molar-refractivity contribution is 5.93. The van der Waals surface area contributed by atoms with Crippen molar-refractivity contribution >= 4 is 22.5 Å². The van der Waals surface area contributed by atoms with Crippen molar-refractivity contribution in [2.24, 2.45) is 0 Å². The van der Waals surface area contributed by atoms with E-state index in [9.17, 15) is 18.7 Å². The normalized spacial score (nSPS) is 24.4. The molecule has 3 aliphatic heterocycles. The highest BCUT2D eigenvalue weighted by Crippen LogP contribution is 2.45. The molecule has 3 atom stereocenters. The number of ether oxygens (including phenoxy) is 4. The average molecular weight is 718 g/mol. The van der Waals surface area contributed by atoms with Crippen molar-refractivity contribution in [1.29, 1.82) is 0 Å². The van der Waals surface area contributed by atoms with E-state index in [0.717, 1.165) is 38.5 Å². The van der Waals surface area contributed by atoms with Crippen molar-refractivity contribution in [3.8, 4) is 35.7 Å². The number of nitrogens with one attached hydrogen (secondary N) is 1. The molecule has 0 bridgehead atoms. The molecule has 3 fully saturated rings. The number of phenolic OH excluding ortho intramolecular Hbond substituents is 1. The second-order valence-corrected chi connectivity index (χ2v) is 14.6. The summed E-state index contributed by atoms with van der Waals surface area (Å²) in [5, 5.41) is 15.0. The maximum Gasteiger partial charge on any atom is 0.322 e. The van der Waals surface area contributed by atoms with Crippen LogP contribution in [0.3, 0.4) is 0 Å². The lowest BCUT2D eigenvalue weighted by Gasteiger charge is -2.41.